The number of halogens is 3. The van der Waals surface area contributed by atoms with Crippen molar-refractivity contribution in [2.45, 2.75) is 31.1 Å². The third kappa shape index (κ3) is 3.45. The average molecular weight is 434 g/mol. The highest BCUT2D eigenvalue weighted by Gasteiger charge is 2.41. The van der Waals surface area contributed by atoms with Crippen LogP contribution < -0.4 is 4.90 Å². The number of phenolic OH excluding ortho intramolecular Hbond substituents is 1. The SMILES string of the molecule is C[C@H]1[C@@H](C(c2ccccc2)c2ccc(O)cc2)N=C2C=Cc3cc(C(F)(F)F)ccc3N21. The van der Waals surface area contributed by atoms with Gasteiger partial charge in [0.25, 0.3) is 0 Å². The van der Waals surface area contributed by atoms with Crippen LogP contribution in [0.25, 0.3) is 6.08 Å². The lowest BCUT2D eigenvalue weighted by atomic mass is 9.82. The van der Waals surface area contributed by atoms with E-state index in [0.717, 1.165) is 28.7 Å². The van der Waals surface area contributed by atoms with Gasteiger partial charge in [0.05, 0.1) is 23.3 Å². The van der Waals surface area contributed by atoms with Crippen LogP contribution in [-0.2, 0) is 6.18 Å². The number of hydrogen-bond donors (Lipinski definition) is 1. The molecule has 0 bridgehead atoms. The maximum Gasteiger partial charge on any atom is 0.416 e. The molecule has 0 radical (unpaired) electrons. The highest BCUT2D eigenvalue weighted by atomic mass is 19.4. The molecule has 2 heterocycles. The number of aliphatic imine (C=N–C) groups is 1. The summed E-state index contributed by atoms with van der Waals surface area (Å²) < 4.78 is 39.6. The molecule has 6 heteroatoms. The zero-order valence-corrected chi connectivity index (χ0v) is 17.3. The molecule has 162 valence electrons. The first-order valence-electron chi connectivity index (χ1n) is 10.4. The average Bonchev–Trinajstić information content (AvgIpc) is 3.11. The topological polar surface area (TPSA) is 35.8 Å². The molecule has 5 rings (SSSR count). The molecule has 0 spiro atoms. The van der Waals surface area contributed by atoms with Crippen molar-refractivity contribution in [1.82, 2.24) is 0 Å². The number of rotatable bonds is 3. The zero-order chi connectivity index (χ0) is 22.5. The van der Waals surface area contributed by atoms with Gasteiger partial charge in [-0.3, -0.25) is 4.99 Å². The van der Waals surface area contributed by atoms with E-state index in [1.807, 2.05) is 35.2 Å². The van der Waals surface area contributed by atoms with Gasteiger partial charge in [0.2, 0.25) is 0 Å². The molecule has 3 aromatic rings. The molecule has 2 aliphatic heterocycles. The van der Waals surface area contributed by atoms with Crippen LogP contribution in [0.3, 0.4) is 0 Å². The van der Waals surface area contributed by atoms with Crippen LogP contribution in [0.2, 0.25) is 0 Å². The molecule has 0 amide bonds. The van der Waals surface area contributed by atoms with E-state index in [9.17, 15) is 18.3 Å². The smallest absolute Gasteiger partial charge is 0.416 e. The number of benzene rings is 3. The summed E-state index contributed by atoms with van der Waals surface area (Å²) >= 11 is 0. The van der Waals surface area contributed by atoms with Crippen molar-refractivity contribution in [3.63, 3.8) is 0 Å². The summed E-state index contributed by atoms with van der Waals surface area (Å²) in [4.78, 5) is 7.03. The fourth-order valence-electron chi connectivity index (χ4n) is 4.68. The minimum absolute atomic E-state index is 0.0730. The summed E-state index contributed by atoms with van der Waals surface area (Å²) in [5, 5.41) is 9.76. The van der Waals surface area contributed by atoms with Crippen LogP contribution in [0.4, 0.5) is 18.9 Å². The van der Waals surface area contributed by atoms with Crippen LogP contribution in [0.5, 0.6) is 5.75 Å². The predicted molar refractivity (Wildman–Crippen MR) is 120 cm³/mol. The predicted octanol–water partition coefficient (Wildman–Crippen LogP) is 6.25. The summed E-state index contributed by atoms with van der Waals surface area (Å²) in [6, 6.07) is 20.8. The molecular formula is C26H21F3N2O. The number of anilines is 1. The first kappa shape index (κ1) is 20.4. The van der Waals surface area contributed by atoms with Crippen molar-refractivity contribution in [3.8, 4) is 5.75 Å². The summed E-state index contributed by atoms with van der Waals surface area (Å²) in [6.07, 6.45) is -0.890. The Hall–Kier alpha value is -3.54. The molecule has 0 fully saturated rings. The Morgan fingerprint density at radius 1 is 0.906 bits per heavy atom. The third-order valence-electron chi connectivity index (χ3n) is 6.21. The van der Waals surface area contributed by atoms with Crippen LogP contribution in [-0.4, -0.2) is 23.0 Å². The van der Waals surface area contributed by atoms with Crippen molar-refractivity contribution in [2.24, 2.45) is 4.99 Å². The van der Waals surface area contributed by atoms with Gasteiger partial charge in [-0.2, -0.15) is 13.2 Å². The standard InChI is InChI=1S/C26H21F3N2O/c1-16-25(24(17-5-3-2-4-6-17)18-7-11-21(32)12-8-18)30-23-14-9-19-15-20(26(27,28)29)10-13-22(19)31(16)23/h2-16,24-25,32H,1H3/t16-,24?,25-/m0/s1. The zero-order valence-electron chi connectivity index (χ0n) is 17.3. The molecule has 2 aliphatic rings. The second-order valence-electron chi connectivity index (χ2n) is 8.17. The van der Waals surface area contributed by atoms with E-state index < -0.39 is 11.7 Å². The van der Waals surface area contributed by atoms with Gasteiger partial charge in [0.15, 0.2) is 0 Å². The molecule has 3 atom stereocenters. The maximum atomic E-state index is 13.2. The van der Waals surface area contributed by atoms with E-state index in [1.54, 1.807) is 24.3 Å². The number of fused-ring (bicyclic) bond motifs is 3. The molecule has 0 saturated heterocycles. The first-order chi connectivity index (χ1) is 15.3. The molecule has 0 saturated carbocycles. The maximum absolute atomic E-state index is 13.2. The van der Waals surface area contributed by atoms with Gasteiger partial charge in [0, 0.05) is 5.92 Å². The number of hydrogen-bond acceptors (Lipinski definition) is 3. The quantitative estimate of drug-likeness (QED) is 0.529. The Balaban J connectivity index is 1.56. The van der Waals surface area contributed by atoms with Crippen LogP contribution in [0, 0.1) is 0 Å². The number of aromatic hydroxyl groups is 1. The molecule has 3 nitrogen and oxygen atoms in total. The summed E-state index contributed by atoms with van der Waals surface area (Å²) in [5.74, 6) is 0.867. The Kier molecular flexibility index (Phi) is 4.81. The fraction of sp³-hybridized carbons (Fsp3) is 0.192. The Bertz CT molecular complexity index is 1200. The van der Waals surface area contributed by atoms with Crippen LogP contribution >= 0.6 is 0 Å². The second kappa shape index (κ2) is 7.55. The van der Waals surface area contributed by atoms with Gasteiger partial charge in [0.1, 0.15) is 11.6 Å². The summed E-state index contributed by atoms with van der Waals surface area (Å²) in [7, 11) is 0. The minimum Gasteiger partial charge on any atom is -0.508 e. The second-order valence-corrected chi connectivity index (χ2v) is 8.17. The van der Waals surface area contributed by atoms with E-state index in [1.165, 1.54) is 12.1 Å². The normalized spacial score (nSPS) is 20.5. The molecule has 32 heavy (non-hydrogen) atoms. The van der Waals surface area contributed by atoms with E-state index in [4.69, 9.17) is 4.99 Å². The first-order valence-corrected chi connectivity index (χ1v) is 10.4. The Labute approximate surface area is 184 Å². The third-order valence-corrected chi connectivity index (χ3v) is 6.21. The molecule has 3 aromatic carbocycles. The van der Waals surface area contributed by atoms with Crippen molar-refractivity contribution < 1.29 is 18.3 Å². The van der Waals surface area contributed by atoms with E-state index >= 15 is 0 Å². The van der Waals surface area contributed by atoms with Crippen molar-refractivity contribution in [1.29, 1.82) is 0 Å². The molecule has 1 N–H and O–H groups in total. The van der Waals surface area contributed by atoms with E-state index in [2.05, 4.69) is 19.1 Å². The fourth-order valence-corrected chi connectivity index (χ4v) is 4.68. The highest BCUT2D eigenvalue weighted by molar-refractivity contribution is 6.13. The molecule has 1 unspecified atom stereocenters. The summed E-state index contributed by atoms with van der Waals surface area (Å²) in [6.45, 7) is 2.05. The van der Waals surface area contributed by atoms with E-state index in [0.29, 0.717) is 5.56 Å². The van der Waals surface area contributed by atoms with Gasteiger partial charge in [-0.1, -0.05) is 42.5 Å². The molecule has 0 aliphatic carbocycles. The van der Waals surface area contributed by atoms with Crippen molar-refractivity contribution in [3.05, 3.63) is 101 Å². The number of amidine groups is 1. The number of nitrogens with zero attached hydrogens (tertiary/aromatic N) is 2. The number of alkyl halides is 3. The van der Waals surface area contributed by atoms with Crippen molar-refractivity contribution >= 4 is 17.6 Å². The van der Waals surface area contributed by atoms with Crippen molar-refractivity contribution in [2.75, 3.05) is 4.90 Å². The number of phenols is 1. The monoisotopic (exact) mass is 434 g/mol. The largest absolute Gasteiger partial charge is 0.508 e. The van der Waals surface area contributed by atoms with Gasteiger partial charge >= 0.3 is 6.18 Å². The molecular weight excluding hydrogens is 413 g/mol. The van der Waals surface area contributed by atoms with Crippen LogP contribution in [0.15, 0.2) is 83.9 Å². The van der Waals surface area contributed by atoms with Gasteiger partial charge < -0.3 is 10.0 Å². The van der Waals surface area contributed by atoms with E-state index in [-0.39, 0.29) is 23.8 Å². The minimum atomic E-state index is -4.38. The summed E-state index contributed by atoms with van der Waals surface area (Å²) in [5.41, 5.74) is 2.72. The lowest BCUT2D eigenvalue weighted by molar-refractivity contribution is -0.137. The highest BCUT2D eigenvalue weighted by Crippen LogP contribution is 2.42. The van der Waals surface area contributed by atoms with Gasteiger partial charge in [-0.25, -0.2) is 0 Å². The van der Waals surface area contributed by atoms with Gasteiger partial charge in [-0.05, 0) is 66.1 Å². The lowest BCUT2D eigenvalue weighted by Crippen LogP contribution is -2.40. The Morgan fingerprint density at radius 2 is 1.59 bits per heavy atom. The Morgan fingerprint density at radius 3 is 2.28 bits per heavy atom. The van der Waals surface area contributed by atoms with Crippen LogP contribution in [0.1, 0.15) is 35.1 Å². The molecule has 0 aromatic heterocycles. The van der Waals surface area contributed by atoms with Gasteiger partial charge in [-0.15, -0.1) is 0 Å². The lowest BCUT2D eigenvalue weighted by Gasteiger charge is -2.33.